The van der Waals surface area contributed by atoms with Crippen molar-refractivity contribution in [2.24, 2.45) is 0 Å². The minimum absolute atomic E-state index is 0.0985. The third kappa shape index (κ3) is 2.27. The van der Waals surface area contributed by atoms with E-state index in [9.17, 15) is 9.32 Å². The number of hydrogen-bond donors (Lipinski definition) is 1. The first-order valence-corrected chi connectivity index (χ1v) is 7.90. The molecule has 0 amide bonds. The highest BCUT2D eigenvalue weighted by Gasteiger charge is 2.47. The van der Waals surface area contributed by atoms with Crippen LogP contribution in [0.25, 0.3) is 0 Å². The predicted octanol–water partition coefficient (Wildman–Crippen LogP) is 1.14. The van der Waals surface area contributed by atoms with Gasteiger partial charge in [0.25, 0.3) is 0 Å². The summed E-state index contributed by atoms with van der Waals surface area (Å²) in [5.41, 5.74) is -0.412. The lowest BCUT2D eigenvalue weighted by Gasteiger charge is -2.42. The van der Waals surface area contributed by atoms with E-state index in [0.717, 1.165) is 19.3 Å². The van der Waals surface area contributed by atoms with E-state index in [0.29, 0.717) is 24.4 Å². The second-order valence-corrected chi connectivity index (χ2v) is 7.39. The first kappa shape index (κ1) is 13.0. The average Bonchev–Trinajstić information content (AvgIpc) is 2.41. The smallest absolute Gasteiger partial charge is 0.233 e. The summed E-state index contributed by atoms with van der Waals surface area (Å²) in [6, 6.07) is 3.47. The van der Waals surface area contributed by atoms with Crippen LogP contribution in [0.4, 0.5) is 0 Å². The summed E-state index contributed by atoms with van der Waals surface area (Å²) in [7, 11) is 0.739. The largest absolute Gasteiger partial charge is 0.480 e. The van der Waals surface area contributed by atoms with Gasteiger partial charge in [-0.25, -0.2) is 0 Å². The average molecular weight is 282 g/mol. The number of ether oxygens (including phenoxy) is 1. The number of methoxy groups -OCH3 is 1. The summed E-state index contributed by atoms with van der Waals surface area (Å²) < 4.78 is 17.1. The van der Waals surface area contributed by atoms with Crippen LogP contribution >= 0.6 is 0 Å². The summed E-state index contributed by atoms with van der Waals surface area (Å²) in [4.78, 5) is 0. The van der Waals surface area contributed by atoms with Crippen LogP contribution in [0.2, 0.25) is 0 Å². The SMILES string of the molecule is COc1ccc(C2(O)CC3CCCC(C2)S3=O)nn1. The second-order valence-electron chi connectivity index (χ2n) is 5.40. The van der Waals surface area contributed by atoms with E-state index < -0.39 is 16.4 Å². The molecule has 2 saturated heterocycles. The van der Waals surface area contributed by atoms with Crippen LogP contribution in [0.5, 0.6) is 5.88 Å². The van der Waals surface area contributed by atoms with E-state index >= 15 is 0 Å². The number of rotatable bonds is 2. The normalized spacial score (nSPS) is 37.9. The number of fused-ring (bicyclic) bond motifs is 2. The summed E-state index contributed by atoms with van der Waals surface area (Å²) in [6.07, 6.45) is 4.05. The Bertz CT molecular complexity index is 475. The van der Waals surface area contributed by atoms with Crippen LogP contribution in [0.15, 0.2) is 12.1 Å². The summed E-state index contributed by atoms with van der Waals surface area (Å²) in [5.74, 6) is 0.437. The molecular weight excluding hydrogens is 264 g/mol. The fraction of sp³-hybridized carbons (Fsp3) is 0.692. The Morgan fingerprint density at radius 3 is 2.53 bits per heavy atom. The van der Waals surface area contributed by atoms with Crippen LogP contribution in [0.3, 0.4) is 0 Å². The van der Waals surface area contributed by atoms with E-state index in [-0.39, 0.29) is 10.5 Å². The first-order chi connectivity index (χ1) is 9.12. The second kappa shape index (κ2) is 4.83. The molecule has 0 spiro atoms. The van der Waals surface area contributed by atoms with Gasteiger partial charge in [-0.1, -0.05) is 6.42 Å². The highest BCUT2D eigenvalue weighted by Crippen LogP contribution is 2.43. The van der Waals surface area contributed by atoms with E-state index in [1.807, 2.05) is 0 Å². The fourth-order valence-corrected chi connectivity index (χ4v) is 5.39. The monoisotopic (exact) mass is 282 g/mol. The minimum Gasteiger partial charge on any atom is -0.480 e. The molecule has 2 fully saturated rings. The lowest BCUT2D eigenvalue weighted by molar-refractivity contribution is 0.00155. The number of nitrogens with zero attached hydrogens (tertiary/aromatic N) is 2. The maximum atomic E-state index is 12.2. The van der Waals surface area contributed by atoms with Crippen LogP contribution in [0, 0.1) is 0 Å². The van der Waals surface area contributed by atoms with Crippen molar-refractivity contribution in [3.8, 4) is 5.88 Å². The Balaban J connectivity index is 1.88. The van der Waals surface area contributed by atoms with Gasteiger partial charge in [-0.05, 0) is 31.7 Å². The van der Waals surface area contributed by atoms with E-state index in [1.165, 1.54) is 7.11 Å². The standard InChI is InChI=1S/C13H18N2O3S/c1-18-12-6-5-11(14-15-12)13(16)7-9-3-2-4-10(8-13)19(9)17/h5-6,9-10,16H,2-4,7-8H2,1H3. The molecule has 0 aliphatic carbocycles. The molecule has 2 unspecified atom stereocenters. The maximum absolute atomic E-state index is 12.2. The molecule has 6 heteroatoms. The Hall–Kier alpha value is -1.01. The van der Waals surface area contributed by atoms with E-state index in [1.54, 1.807) is 12.1 Å². The Morgan fingerprint density at radius 2 is 2.00 bits per heavy atom. The quantitative estimate of drug-likeness (QED) is 0.880. The molecule has 19 heavy (non-hydrogen) atoms. The fourth-order valence-electron chi connectivity index (χ4n) is 3.17. The van der Waals surface area contributed by atoms with E-state index in [2.05, 4.69) is 10.2 Å². The molecule has 2 aliphatic heterocycles. The molecule has 1 aromatic rings. The molecule has 2 aliphatic rings. The van der Waals surface area contributed by atoms with Crippen molar-refractivity contribution in [2.75, 3.05) is 7.11 Å². The van der Waals surface area contributed by atoms with Crippen molar-refractivity contribution < 1.29 is 14.1 Å². The molecule has 1 N–H and O–H groups in total. The van der Waals surface area contributed by atoms with Gasteiger partial charge in [-0.3, -0.25) is 4.21 Å². The van der Waals surface area contributed by atoms with Crippen LogP contribution in [0.1, 0.15) is 37.8 Å². The molecule has 2 bridgehead atoms. The van der Waals surface area contributed by atoms with Gasteiger partial charge in [0.15, 0.2) is 0 Å². The Kier molecular flexibility index (Phi) is 3.30. The van der Waals surface area contributed by atoms with Gasteiger partial charge in [0.2, 0.25) is 5.88 Å². The summed E-state index contributed by atoms with van der Waals surface area (Å²) in [6.45, 7) is 0. The number of hydrogen-bond acceptors (Lipinski definition) is 5. The zero-order valence-corrected chi connectivity index (χ0v) is 11.7. The van der Waals surface area contributed by atoms with Gasteiger partial charge < -0.3 is 9.84 Å². The topological polar surface area (TPSA) is 72.3 Å². The third-order valence-electron chi connectivity index (χ3n) is 4.17. The minimum atomic E-state index is -0.983. The molecule has 3 heterocycles. The van der Waals surface area contributed by atoms with Crippen LogP contribution in [-0.2, 0) is 16.4 Å². The van der Waals surface area contributed by atoms with Crippen molar-refractivity contribution in [1.82, 2.24) is 10.2 Å². The molecule has 0 radical (unpaired) electrons. The molecule has 0 saturated carbocycles. The van der Waals surface area contributed by atoms with Crippen molar-refractivity contribution in [2.45, 2.75) is 48.2 Å². The van der Waals surface area contributed by atoms with Crippen LogP contribution in [-0.4, -0.2) is 37.1 Å². The third-order valence-corrected chi connectivity index (χ3v) is 6.28. The van der Waals surface area contributed by atoms with Crippen LogP contribution < -0.4 is 4.74 Å². The number of aliphatic hydroxyl groups is 1. The lowest BCUT2D eigenvalue weighted by Crippen LogP contribution is -2.47. The molecule has 1 aromatic heterocycles. The van der Waals surface area contributed by atoms with Crippen molar-refractivity contribution in [1.29, 1.82) is 0 Å². The molecule has 5 nitrogen and oxygen atoms in total. The highest BCUT2D eigenvalue weighted by atomic mass is 32.2. The van der Waals surface area contributed by atoms with Gasteiger partial charge in [0, 0.05) is 27.4 Å². The van der Waals surface area contributed by atoms with E-state index in [4.69, 9.17) is 4.74 Å². The predicted molar refractivity (Wildman–Crippen MR) is 71.3 cm³/mol. The number of aromatic nitrogens is 2. The van der Waals surface area contributed by atoms with Crippen molar-refractivity contribution >= 4 is 10.8 Å². The van der Waals surface area contributed by atoms with Gasteiger partial charge >= 0.3 is 0 Å². The van der Waals surface area contributed by atoms with Gasteiger partial charge in [0.05, 0.1) is 12.8 Å². The Labute approximate surface area is 114 Å². The first-order valence-electron chi connectivity index (χ1n) is 6.62. The van der Waals surface area contributed by atoms with Gasteiger partial charge in [-0.2, -0.15) is 0 Å². The molecule has 3 rings (SSSR count). The van der Waals surface area contributed by atoms with Gasteiger partial charge in [-0.15, -0.1) is 10.2 Å². The van der Waals surface area contributed by atoms with Gasteiger partial charge in [0.1, 0.15) is 5.60 Å². The lowest BCUT2D eigenvalue weighted by atomic mass is 9.83. The molecule has 104 valence electrons. The maximum Gasteiger partial charge on any atom is 0.233 e. The summed E-state index contributed by atoms with van der Waals surface area (Å²) in [5, 5.41) is 19.0. The molecule has 2 atom stereocenters. The highest BCUT2D eigenvalue weighted by molar-refractivity contribution is 7.86. The molecule has 0 aromatic carbocycles. The Morgan fingerprint density at radius 1 is 1.32 bits per heavy atom. The summed E-state index contributed by atoms with van der Waals surface area (Å²) >= 11 is 0. The zero-order chi connectivity index (χ0) is 13.5. The van der Waals surface area contributed by atoms with Crippen molar-refractivity contribution in [3.63, 3.8) is 0 Å². The zero-order valence-electron chi connectivity index (χ0n) is 10.9. The molecular formula is C13H18N2O3S. The van der Waals surface area contributed by atoms with Crippen molar-refractivity contribution in [3.05, 3.63) is 17.8 Å².